The van der Waals surface area contributed by atoms with Crippen LogP contribution in [0.5, 0.6) is 0 Å². The molecular weight excluding hydrogens is 200 g/mol. The fraction of sp³-hybridized carbons (Fsp3) is 0. The summed E-state index contributed by atoms with van der Waals surface area (Å²) in [5.41, 5.74) is -0.0721. The SMILES string of the molecule is N#Cc1cc2c(Cl)cccc2c(=O)[nH]1. The van der Waals surface area contributed by atoms with Crippen molar-refractivity contribution in [2.24, 2.45) is 0 Å². The Balaban J connectivity index is 3.00. The Bertz CT molecular complexity index is 595. The molecule has 0 saturated carbocycles. The van der Waals surface area contributed by atoms with Gasteiger partial charge in [0.05, 0.1) is 0 Å². The number of halogens is 1. The molecule has 0 aliphatic rings. The molecule has 0 aliphatic heterocycles. The van der Waals surface area contributed by atoms with Crippen molar-refractivity contribution in [3.63, 3.8) is 0 Å². The minimum absolute atomic E-state index is 0.218. The second-order valence-corrected chi connectivity index (χ2v) is 3.23. The van der Waals surface area contributed by atoms with Crippen molar-refractivity contribution in [1.29, 1.82) is 5.26 Å². The van der Waals surface area contributed by atoms with Crippen LogP contribution in [0.15, 0.2) is 29.1 Å². The zero-order valence-electron chi connectivity index (χ0n) is 7.04. The van der Waals surface area contributed by atoms with Gasteiger partial charge in [-0.05, 0) is 18.2 Å². The zero-order valence-corrected chi connectivity index (χ0v) is 7.80. The number of aromatic nitrogens is 1. The molecule has 68 valence electrons. The predicted molar refractivity (Wildman–Crippen MR) is 54.3 cm³/mol. The van der Waals surface area contributed by atoms with E-state index >= 15 is 0 Å². The maximum absolute atomic E-state index is 11.4. The first-order valence-electron chi connectivity index (χ1n) is 3.94. The Morgan fingerprint density at radius 2 is 2.14 bits per heavy atom. The van der Waals surface area contributed by atoms with Gasteiger partial charge in [0.2, 0.25) is 0 Å². The summed E-state index contributed by atoms with van der Waals surface area (Å²) in [5, 5.41) is 10.2. The van der Waals surface area contributed by atoms with Crippen LogP contribution in [-0.4, -0.2) is 4.98 Å². The normalized spacial score (nSPS) is 10.0. The number of rotatable bonds is 0. The quantitative estimate of drug-likeness (QED) is 0.714. The molecule has 0 spiro atoms. The lowest BCUT2D eigenvalue weighted by molar-refractivity contribution is 1.23. The van der Waals surface area contributed by atoms with Gasteiger partial charge in [-0.3, -0.25) is 4.79 Å². The molecule has 0 bridgehead atoms. The number of hydrogen-bond acceptors (Lipinski definition) is 2. The van der Waals surface area contributed by atoms with Crippen LogP contribution in [0.3, 0.4) is 0 Å². The maximum Gasteiger partial charge on any atom is 0.256 e. The molecule has 3 nitrogen and oxygen atoms in total. The van der Waals surface area contributed by atoms with E-state index < -0.39 is 0 Å². The number of aromatic amines is 1. The van der Waals surface area contributed by atoms with Gasteiger partial charge in [-0.2, -0.15) is 5.26 Å². The minimum atomic E-state index is -0.290. The van der Waals surface area contributed by atoms with E-state index in [0.717, 1.165) is 0 Å². The van der Waals surface area contributed by atoms with Crippen LogP contribution < -0.4 is 5.56 Å². The first-order chi connectivity index (χ1) is 6.72. The molecule has 14 heavy (non-hydrogen) atoms. The molecule has 1 aromatic heterocycles. The third-order valence-corrected chi connectivity index (χ3v) is 2.28. The maximum atomic E-state index is 11.4. The van der Waals surface area contributed by atoms with Gasteiger partial charge in [-0.25, -0.2) is 0 Å². The van der Waals surface area contributed by atoms with Crippen LogP contribution in [0.1, 0.15) is 5.69 Å². The number of nitrogens with one attached hydrogen (secondary N) is 1. The van der Waals surface area contributed by atoms with Gasteiger partial charge in [-0.1, -0.05) is 17.7 Å². The lowest BCUT2D eigenvalue weighted by Crippen LogP contribution is -2.07. The lowest BCUT2D eigenvalue weighted by atomic mass is 10.1. The van der Waals surface area contributed by atoms with Gasteiger partial charge >= 0.3 is 0 Å². The van der Waals surface area contributed by atoms with Crippen molar-refractivity contribution >= 4 is 22.4 Å². The second kappa shape index (κ2) is 3.17. The average Bonchev–Trinajstić information content (AvgIpc) is 2.19. The largest absolute Gasteiger partial charge is 0.313 e. The van der Waals surface area contributed by atoms with E-state index in [-0.39, 0.29) is 11.3 Å². The number of H-pyrrole nitrogens is 1. The van der Waals surface area contributed by atoms with Crippen LogP contribution in [0.25, 0.3) is 10.8 Å². The molecule has 0 amide bonds. The van der Waals surface area contributed by atoms with Crippen molar-refractivity contribution < 1.29 is 0 Å². The Labute approximate surface area is 84.6 Å². The van der Waals surface area contributed by atoms with Gasteiger partial charge in [0.25, 0.3) is 5.56 Å². The molecule has 4 heteroatoms. The molecule has 1 N–H and O–H groups in total. The van der Waals surface area contributed by atoms with Crippen molar-refractivity contribution in [1.82, 2.24) is 4.98 Å². The van der Waals surface area contributed by atoms with Crippen LogP contribution in [-0.2, 0) is 0 Å². The highest BCUT2D eigenvalue weighted by atomic mass is 35.5. The first kappa shape index (κ1) is 8.79. The van der Waals surface area contributed by atoms with E-state index in [9.17, 15) is 4.79 Å². The van der Waals surface area contributed by atoms with Gasteiger partial charge in [-0.15, -0.1) is 0 Å². The summed E-state index contributed by atoms with van der Waals surface area (Å²) >= 11 is 5.90. The van der Waals surface area contributed by atoms with Gasteiger partial charge in [0.15, 0.2) is 0 Å². The number of hydrogen-bond donors (Lipinski definition) is 1. The molecular formula is C10H5ClN2O. The summed E-state index contributed by atoms with van der Waals surface area (Å²) in [4.78, 5) is 13.9. The summed E-state index contributed by atoms with van der Waals surface area (Å²) in [6.45, 7) is 0. The average molecular weight is 205 g/mol. The van der Waals surface area contributed by atoms with E-state index in [2.05, 4.69) is 4.98 Å². The topological polar surface area (TPSA) is 56.6 Å². The van der Waals surface area contributed by atoms with Crippen LogP contribution in [0.2, 0.25) is 5.02 Å². The number of fused-ring (bicyclic) bond motifs is 1. The zero-order chi connectivity index (χ0) is 10.1. The van der Waals surface area contributed by atoms with E-state index in [1.807, 2.05) is 6.07 Å². The van der Waals surface area contributed by atoms with Crippen LogP contribution >= 0.6 is 11.6 Å². The molecule has 0 aliphatic carbocycles. The molecule has 0 radical (unpaired) electrons. The number of nitriles is 1. The summed E-state index contributed by atoms with van der Waals surface area (Å²) in [6.07, 6.45) is 0. The number of pyridine rings is 1. The third kappa shape index (κ3) is 1.26. The summed E-state index contributed by atoms with van der Waals surface area (Å²) in [6, 6.07) is 8.49. The molecule has 0 atom stereocenters. The summed E-state index contributed by atoms with van der Waals surface area (Å²) < 4.78 is 0. The Morgan fingerprint density at radius 3 is 2.86 bits per heavy atom. The number of nitrogens with zero attached hydrogens (tertiary/aromatic N) is 1. The second-order valence-electron chi connectivity index (χ2n) is 2.83. The Kier molecular flexibility index (Phi) is 1.99. The third-order valence-electron chi connectivity index (χ3n) is 1.95. The van der Waals surface area contributed by atoms with E-state index in [1.54, 1.807) is 24.3 Å². The summed E-state index contributed by atoms with van der Waals surface area (Å²) in [7, 11) is 0. The van der Waals surface area contributed by atoms with E-state index in [4.69, 9.17) is 16.9 Å². The highest BCUT2D eigenvalue weighted by Crippen LogP contribution is 2.20. The van der Waals surface area contributed by atoms with E-state index in [0.29, 0.717) is 15.8 Å². The van der Waals surface area contributed by atoms with Gasteiger partial charge in [0, 0.05) is 15.8 Å². The van der Waals surface area contributed by atoms with Crippen LogP contribution in [0, 0.1) is 11.3 Å². The molecule has 0 saturated heterocycles. The first-order valence-corrected chi connectivity index (χ1v) is 4.32. The van der Waals surface area contributed by atoms with Gasteiger partial charge in [0.1, 0.15) is 11.8 Å². The molecule has 0 fully saturated rings. The monoisotopic (exact) mass is 204 g/mol. The fourth-order valence-corrected chi connectivity index (χ4v) is 1.54. The summed E-state index contributed by atoms with van der Waals surface area (Å²) in [5.74, 6) is 0. The highest BCUT2D eigenvalue weighted by molar-refractivity contribution is 6.35. The molecule has 1 aromatic carbocycles. The molecule has 2 aromatic rings. The van der Waals surface area contributed by atoms with Crippen molar-refractivity contribution in [3.8, 4) is 6.07 Å². The Morgan fingerprint density at radius 1 is 1.36 bits per heavy atom. The Hall–Kier alpha value is -1.79. The molecule has 2 rings (SSSR count). The van der Waals surface area contributed by atoms with Crippen molar-refractivity contribution in [2.45, 2.75) is 0 Å². The van der Waals surface area contributed by atoms with Crippen molar-refractivity contribution in [2.75, 3.05) is 0 Å². The molecule has 0 unspecified atom stereocenters. The van der Waals surface area contributed by atoms with Crippen molar-refractivity contribution in [3.05, 3.63) is 45.3 Å². The molecule has 1 heterocycles. The number of benzene rings is 1. The fourth-order valence-electron chi connectivity index (χ4n) is 1.31. The lowest BCUT2D eigenvalue weighted by Gasteiger charge is -1.99. The minimum Gasteiger partial charge on any atom is -0.313 e. The standard InChI is InChI=1S/C10H5ClN2O/c11-9-3-1-2-7-8(9)4-6(5-12)13-10(7)14/h1-4H,(H,13,14). The van der Waals surface area contributed by atoms with Crippen LogP contribution in [0.4, 0.5) is 0 Å². The van der Waals surface area contributed by atoms with Gasteiger partial charge < -0.3 is 4.98 Å². The smallest absolute Gasteiger partial charge is 0.256 e. The highest BCUT2D eigenvalue weighted by Gasteiger charge is 2.03. The predicted octanol–water partition coefficient (Wildman–Crippen LogP) is 2.05. The van der Waals surface area contributed by atoms with E-state index in [1.165, 1.54) is 0 Å².